The van der Waals surface area contributed by atoms with E-state index in [0.717, 1.165) is 5.56 Å². The third-order valence-corrected chi connectivity index (χ3v) is 7.63. The first kappa shape index (κ1) is 26.4. The van der Waals surface area contributed by atoms with Crippen molar-refractivity contribution in [3.05, 3.63) is 114 Å². The van der Waals surface area contributed by atoms with Crippen LogP contribution in [0.4, 0.5) is 0 Å². The molecule has 8 nitrogen and oxygen atoms in total. The number of carbonyl (C=O) groups excluding carboxylic acids is 2. The Labute approximate surface area is 232 Å². The van der Waals surface area contributed by atoms with Gasteiger partial charge in [0.25, 0.3) is 5.56 Å². The maximum Gasteiger partial charge on any atom is 0.339 e. The first-order chi connectivity index (χ1) is 18.9. The molecule has 0 unspecified atom stereocenters. The zero-order chi connectivity index (χ0) is 27.7. The van der Waals surface area contributed by atoms with Gasteiger partial charge in [0, 0.05) is 11.6 Å². The predicted octanol–water partition coefficient (Wildman–Crippen LogP) is 4.50. The molecule has 2 aromatic carbocycles. The highest BCUT2D eigenvalue weighted by Crippen LogP contribution is 2.32. The van der Waals surface area contributed by atoms with Crippen molar-refractivity contribution in [3.8, 4) is 11.3 Å². The maximum absolute atomic E-state index is 13.7. The number of aromatic nitrogens is 1. The number of methoxy groups -OCH3 is 2. The van der Waals surface area contributed by atoms with Crippen LogP contribution in [0.1, 0.15) is 41.1 Å². The standard InChI is InChI=1S/C29H23ClN2O6S/c1-4-21-24(28(35)37-3)25(16-8-6-5-7-9-16)32-26(33)23(39-29(32)31-21)15-18-11-13-22(38-18)17-10-12-20(30)19(14-17)27(34)36-2/h5-15,25H,4H2,1-3H3/b23-15+/t25-/m1/s1. The van der Waals surface area contributed by atoms with Crippen LogP contribution in [0, 0.1) is 0 Å². The van der Waals surface area contributed by atoms with Crippen molar-refractivity contribution in [2.24, 2.45) is 4.99 Å². The number of fused-ring (bicyclic) bond motifs is 1. The number of carbonyl (C=O) groups is 2. The zero-order valence-corrected chi connectivity index (χ0v) is 22.8. The fourth-order valence-corrected chi connectivity index (χ4v) is 5.67. The van der Waals surface area contributed by atoms with E-state index in [2.05, 4.69) is 4.99 Å². The number of thiazole rings is 1. The number of hydrogen-bond donors (Lipinski definition) is 0. The number of halogens is 1. The lowest BCUT2D eigenvalue weighted by Gasteiger charge is -2.25. The van der Waals surface area contributed by atoms with E-state index < -0.39 is 18.0 Å². The van der Waals surface area contributed by atoms with Crippen LogP contribution in [0.5, 0.6) is 0 Å². The van der Waals surface area contributed by atoms with Crippen LogP contribution in [0.2, 0.25) is 5.02 Å². The molecule has 0 saturated carbocycles. The molecule has 0 bridgehead atoms. The van der Waals surface area contributed by atoms with Gasteiger partial charge in [0.15, 0.2) is 4.80 Å². The molecule has 1 aliphatic heterocycles. The lowest BCUT2D eigenvalue weighted by Crippen LogP contribution is -2.40. The number of ether oxygens (including phenoxy) is 2. The summed E-state index contributed by atoms with van der Waals surface area (Å²) in [6, 6.07) is 17.0. The highest BCUT2D eigenvalue weighted by atomic mass is 35.5. The Morgan fingerprint density at radius 2 is 1.82 bits per heavy atom. The Morgan fingerprint density at radius 1 is 1.08 bits per heavy atom. The fourth-order valence-electron chi connectivity index (χ4n) is 4.47. The molecule has 0 spiro atoms. The van der Waals surface area contributed by atoms with E-state index in [1.807, 2.05) is 37.3 Å². The van der Waals surface area contributed by atoms with Gasteiger partial charge in [-0.15, -0.1) is 0 Å². The summed E-state index contributed by atoms with van der Waals surface area (Å²) in [6.45, 7) is 1.91. The van der Waals surface area contributed by atoms with Gasteiger partial charge in [-0.25, -0.2) is 14.6 Å². The molecule has 0 saturated heterocycles. The number of furan rings is 1. The summed E-state index contributed by atoms with van der Waals surface area (Å²) in [5, 5.41) is 0.268. The van der Waals surface area contributed by atoms with Gasteiger partial charge in [-0.2, -0.15) is 0 Å². The van der Waals surface area contributed by atoms with Gasteiger partial charge in [0.2, 0.25) is 0 Å². The van der Waals surface area contributed by atoms with Crippen molar-refractivity contribution in [3.63, 3.8) is 0 Å². The number of hydrogen-bond acceptors (Lipinski definition) is 8. The lowest BCUT2D eigenvalue weighted by molar-refractivity contribution is -0.136. The van der Waals surface area contributed by atoms with Gasteiger partial charge in [-0.3, -0.25) is 9.36 Å². The molecule has 198 valence electrons. The number of benzene rings is 2. The third kappa shape index (κ3) is 4.86. The predicted molar refractivity (Wildman–Crippen MR) is 147 cm³/mol. The Morgan fingerprint density at radius 3 is 2.51 bits per heavy atom. The average molecular weight is 563 g/mol. The second kappa shape index (κ2) is 10.9. The van der Waals surface area contributed by atoms with Gasteiger partial charge in [-0.05, 0) is 42.3 Å². The minimum absolute atomic E-state index is 0.219. The summed E-state index contributed by atoms with van der Waals surface area (Å²) in [7, 11) is 2.60. The van der Waals surface area contributed by atoms with Crippen molar-refractivity contribution in [2.75, 3.05) is 14.2 Å². The Hall–Kier alpha value is -4.21. The summed E-state index contributed by atoms with van der Waals surface area (Å²) in [6.07, 6.45) is 2.13. The van der Waals surface area contributed by atoms with Gasteiger partial charge in [0.1, 0.15) is 11.5 Å². The Kier molecular flexibility index (Phi) is 7.36. The quantitative estimate of drug-likeness (QED) is 0.321. The average Bonchev–Trinajstić information content (AvgIpc) is 3.56. The van der Waals surface area contributed by atoms with Crippen LogP contribution in [0.15, 0.2) is 86.1 Å². The van der Waals surface area contributed by atoms with Crippen molar-refractivity contribution < 1.29 is 23.5 Å². The third-order valence-electron chi connectivity index (χ3n) is 6.32. The lowest BCUT2D eigenvalue weighted by atomic mass is 9.95. The van der Waals surface area contributed by atoms with Gasteiger partial charge in [0.05, 0.1) is 46.7 Å². The fraction of sp³-hybridized carbons (Fsp3) is 0.172. The molecule has 10 heteroatoms. The van der Waals surface area contributed by atoms with E-state index in [0.29, 0.717) is 44.1 Å². The molecule has 0 amide bonds. The molecule has 5 rings (SSSR count). The van der Waals surface area contributed by atoms with Crippen LogP contribution in [0.25, 0.3) is 17.4 Å². The topological polar surface area (TPSA) is 100 Å². The van der Waals surface area contributed by atoms with E-state index in [4.69, 9.17) is 25.5 Å². The maximum atomic E-state index is 13.7. The molecule has 2 aromatic heterocycles. The normalized spacial score (nSPS) is 15.1. The first-order valence-corrected chi connectivity index (χ1v) is 13.2. The molecular weight excluding hydrogens is 540 g/mol. The summed E-state index contributed by atoms with van der Waals surface area (Å²) in [5.74, 6) is -0.160. The molecule has 0 aliphatic carbocycles. The number of nitrogens with zero attached hydrogens (tertiary/aromatic N) is 2. The molecule has 4 aromatic rings. The van der Waals surface area contributed by atoms with E-state index in [1.54, 1.807) is 36.4 Å². The highest BCUT2D eigenvalue weighted by molar-refractivity contribution is 7.07. The van der Waals surface area contributed by atoms with Crippen molar-refractivity contribution in [2.45, 2.75) is 19.4 Å². The zero-order valence-electron chi connectivity index (χ0n) is 21.3. The van der Waals surface area contributed by atoms with Gasteiger partial charge >= 0.3 is 11.9 Å². The molecule has 1 aliphatic rings. The van der Waals surface area contributed by atoms with E-state index in [9.17, 15) is 14.4 Å². The van der Waals surface area contributed by atoms with E-state index in [-0.39, 0.29) is 16.1 Å². The van der Waals surface area contributed by atoms with E-state index >= 15 is 0 Å². The monoisotopic (exact) mass is 562 g/mol. The molecule has 0 radical (unpaired) electrons. The number of esters is 2. The molecule has 0 fully saturated rings. The summed E-state index contributed by atoms with van der Waals surface area (Å²) >= 11 is 7.35. The summed E-state index contributed by atoms with van der Waals surface area (Å²) in [5.41, 5.74) is 2.23. The molecule has 1 atom stereocenters. The van der Waals surface area contributed by atoms with Crippen molar-refractivity contribution in [1.82, 2.24) is 4.57 Å². The van der Waals surface area contributed by atoms with Crippen molar-refractivity contribution in [1.29, 1.82) is 0 Å². The van der Waals surface area contributed by atoms with Crippen LogP contribution < -0.4 is 14.9 Å². The van der Waals surface area contributed by atoms with Crippen LogP contribution in [0.3, 0.4) is 0 Å². The largest absolute Gasteiger partial charge is 0.466 e. The van der Waals surface area contributed by atoms with Gasteiger partial charge < -0.3 is 13.9 Å². The molecular formula is C29H23ClN2O6S. The number of allylic oxidation sites excluding steroid dienone is 1. The highest BCUT2D eigenvalue weighted by Gasteiger charge is 2.33. The minimum atomic E-state index is -0.676. The van der Waals surface area contributed by atoms with Crippen molar-refractivity contribution >= 4 is 41.0 Å². The Balaban J connectivity index is 1.62. The van der Waals surface area contributed by atoms with Crippen LogP contribution in [-0.2, 0) is 14.3 Å². The second-order valence-electron chi connectivity index (χ2n) is 8.59. The first-order valence-electron chi connectivity index (χ1n) is 12.0. The SMILES string of the molecule is CCC1=C(C(=O)OC)[C@@H](c2ccccc2)n2c(s/c(=C/c3ccc(-c4ccc(Cl)c(C(=O)OC)c4)o3)c2=O)=N1. The van der Waals surface area contributed by atoms with Gasteiger partial charge in [-0.1, -0.05) is 60.2 Å². The second-order valence-corrected chi connectivity index (χ2v) is 10.0. The molecule has 0 N–H and O–H groups in total. The van der Waals surface area contributed by atoms with Crippen LogP contribution >= 0.6 is 22.9 Å². The number of rotatable bonds is 6. The van der Waals surface area contributed by atoms with E-state index in [1.165, 1.54) is 30.1 Å². The summed E-state index contributed by atoms with van der Waals surface area (Å²) in [4.78, 5) is 43.8. The van der Waals surface area contributed by atoms with Crippen LogP contribution in [-0.4, -0.2) is 30.7 Å². The summed E-state index contributed by atoms with van der Waals surface area (Å²) < 4.78 is 17.8. The Bertz CT molecular complexity index is 1800. The molecule has 3 heterocycles. The smallest absolute Gasteiger partial charge is 0.339 e. The molecule has 39 heavy (non-hydrogen) atoms. The minimum Gasteiger partial charge on any atom is -0.466 e.